The van der Waals surface area contributed by atoms with Crippen LogP contribution in [-0.4, -0.2) is 18.7 Å². The Labute approximate surface area is 264 Å². The molecule has 0 radical (unpaired) electrons. The van der Waals surface area contributed by atoms with Gasteiger partial charge in [0.05, 0.1) is 6.61 Å². The molecule has 0 aromatic heterocycles. The molecular formula is C40H62O3. The summed E-state index contributed by atoms with van der Waals surface area (Å²) in [5, 5.41) is 0. The third-order valence-electron chi connectivity index (χ3n) is 12.9. The van der Waals surface area contributed by atoms with Gasteiger partial charge in [0.1, 0.15) is 17.4 Å². The quantitative estimate of drug-likeness (QED) is 0.130. The molecule has 3 saturated carbocycles. The van der Waals surface area contributed by atoms with Crippen LogP contribution in [0.2, 0.25) is 0 Å². The number of allylic oxidation sites excluding steroid dienone is 1. The largest absolute Gasteiger partial charge is 0.493 e. The first-order chi connectivity index (χ1) is 20.7. The zero-order valence-electron chi connectivity index (χ0n) is 28.5. The van der Waals surface area contributed by atoms with Gasteiger partial charge in [-0.25, -0.2) is 4.79 Å². The van der Waals surface area contributed by atoms with E-state index in [4.69, 9.17) is 9.47 Å². The van der Waals surface area contributed by atoms with E-state index < -0.39 is 0 Å². The summed E-state index contributed by atoms with van der Waals surface area (Å²) >= 11 is 0. The second kappa shape index (κ2) is 14.1. The number of benzene rings is 1. The van der Waals surface area contributed by atoms with Crippen molar-refractivity contribution in [2.75, 3.05) is 6.61 Å². The third kappa shape index (κ3) is 6.91. The number of esters is 1. The summed E-state index contributed by atoms with van der Waals surface area (Å²) in [5.41, 5.74) is 2.95. The molecule has 0 unspecified atom stereocenters. The summed E-state index contributed by atoms with van der Waals surface area (Å²) < 4.78 is 12.2. The van der Waals surface area contributed by atoms with Gasteiger partial charge in [-0.1, -0.05) is 104 Å². The molecule has 3 heteroatoms. The molecular weight excluding hydrogens is 528 g/mol. The monoisotopic (exact) mass is 590 g/mol. The minimum atomic E-state index is -0.222. The number of carbonyl (C=O) groups excluding carboxylic acids is 1. The number of hydrogen-bond acceptors (Lipinski definition) is 3. The van der Waals surface area contributed by atoms with Gasteiger partial charge in [-0.3, -0.25) is 0 Å². The topological polar surface area (TPSA) is 35.5 Å². The van der Waals surface area contributed by atoms with E-state index in [1.54, 1.807) is 5.57 Å². The molecule has 8 atom stereocenters. The van der Waals surface area contributed by atoms with Gasteiger partial charge in [0, 0.05) is 6.42 Å². The minimum absolute atomic E-state index is 0.0302. The maximum Gasteiger partial charge on any atom is 0.342 e. The van der Waals surface area contributed by atoms with Gasteiger partial charge in [0.25, 0.3) is 0 Å². The van der Waals surface area contributed by atoms with Crippen molar-refractivity contribution in [2.45, 2.75) is 144 Å². The first-order valence-electron chi connectivity index (χ1n) is 18.3. The molecule has 0 spiro atoms. The van der Waals surface area contributed by atoms with Crippen molar-refractivity contribution in [1.29, 1.82) is 0 Å². The molecule has 1 aromatic rings. The summed E-state index contributed by atoms with van der Waals surface area (Å²) in [4.78, 5) is 13.4. The van der Waals surface area contributed by atoms with Gasteiger partial charge < -0.3 is 9.47 Å². The second-order valence-corrected chi connectivity index (χ2v) is 16.0. The van der Waals surface area contributed by atoms with E-state index in [9.17, 15) is 4.79 Å². The van der Waals surface area contributed by atoms with Crippen LogP contribution < -0.4 is 4.74 Å². The Kier molecular flexibility index (Phi) is 10.7. The summed E-state index contributed by atoms with van der Waals surface area (Å²) in [7, 11) is 0. The normalized spacial score (nSPS) is 34.1. The van der Waals surface area contributed by atoms with Crippen molar-refractivity contribution in [3.05, 3.63) is 41.5 Å². The van der Waals surface area contributed by atoms with Crippen LogP contribution in [0.5, 0.6) is 5.75 Å². The Morgan fingerprint density at radius 2 is 1.74 bits per heavy atom. The van der Waals surface area contributed by atoms with Crippen molar-refractivity contribution < 1.29 is 14.3 Å². The van der Waals surface area contributed by atoms with Gasteiger partial charge in [-0.15, -0.1) is 0 Å². The molecule has 3 fully saturated rings. The van der Waals surface area contributed by atoms with Gasteiger partial charge in [0.15, 0.2) is 0 Å². The highest BCUT2D eigenvalue weighted by atomic mass is 16.5. The number of fused-ring (bicyclic) bond motifs is 5. The van der Waals surface area contributed by atoms with E-state index in [0.29, 0.717) is 23.3 Å². The van der Waals surface area contributed by atoms with E-state index in [1.807, 2.05) is 24.3 Å². The average Bonchev–Trinajstić information content (AvgIpc) is 3.34. The molecule has 5 rings (SSSR count). The molecule has 3 nitrogen and oxygen atoms in total. The van der Waals surface area contributed by atoms with Crippen LogP contribution in [0.1, 0.15) is 148 Å². The highest BCUT2D eigenvalue weighted by Crippen LogP contribution is 2.67. The van der Waals surface area contributed by atoms with Crippen molar-refractivity contribution in [3.63, 3.8) is 0 Å². The van der Waals surface area contributed by atoms with E-state index in [1.165, 1.54) is 70.6 Å². The van der Waals surface area contributed by atoms with E-state index in [0.717, 1.165) is 61.2 Å². The zero-order chi connectivity index (χ0) is 30.6. The van der Waals surface area contributed by atoms with Gasteiger partial charge in [-0.05, 0) is 110 Å². The van der Waals surface area contributed by atoms with E-state index in [2.05, 4.69) is 47.6 Å². The molecule has 4 aliphatic carbocycles. The number of rotatable bonds is 13. The predicted octanol–water partition coefficient (Wildman–Crippen LogP) is 11.2. The second-order valence-electron chi connectivity index (χ2n) is 16.0. The van der Waals surface area contributed by atoms with Crippen LogP contribution in [0.25, 0.3) is 0 Å². The Hall–Kier alpha value is -1.77. The lowest BCUT2D eigenvalue weighted by atomic mass is 9.47. The lowest BCUT2D eigenvalue weighted by Crippen LogP contribution is -2.51. The lowest BCUT2D eigenvalue weighted by Gasteiger charge is -2.58. The molecule has 0 amide bonds. The van der Waals surface area contributed by atoms with Crippen LogP contribution in [0.4, 0.5) is 0 Å². The first-order valence-corrected chi connectivity index (χ1v) is 18.3. The molecule has 0 aliphatic heterocycles. The number of unbranched alkanes of at least 4 members (excludes halogenated alkanes) is 3. The Bertz CT molecular complexity index is 1100. The molecule has 0 saturated heterocycles. The molecule has 240 valence electrons. The van der Waals surface area contributed by atoms with Crippen molar-refractivity contribution in [3.8, 4) is 5.75 Å². The Morgan fingerprint density at radius 3 is 2.53 bits per heavy atom. The molecule has 0 heterocycles. The maximum absolute atomic E-state index is 13.4. The molecule has 4 aliphatic rings. The predicted molar refractivity (Wildman–Crippen MR) is 178 cm³/mol. The van der Waals surface area contributed by atoms with E-state index in [-0.39, 0.29) is 17.5 Å². The fourth-order valence-corrected chi connectivity index (χ4v) is 10.4. The molecule has 43 heavy (non-hydrogen) atoms. The molecule has 1 aromatic carbocycles. The van der Waals surface area contributed by atoms with Crippen molar-refractivity contribution >= 4 is 5.97 Å². The van der Waals surface area contributed by atoms with Crippen LogP contribution in [0.3, 0.4) is 0 Å². The summed E-state index contributed by atoms with van der Waals surface area (Å²) in [6.45, 7) is 15.4. The SMILES string of the molecule is CCCCCCOc1ccccc1C(=O)O[C@H]1CC[C@@]2(C)C(=CC[C@H]3[C@@H]4CC[C@H]([C@H](C)CCCC(C)C)[C@@]4(C)CC[C@@H]32)C1. The minimum Gasteiger partial charge on any atom is -0.493 e. The van der Waals surface area contributed by atoms with Crippen molar-refractivity contribution in [2.24, 2.45) is 46.3 Å². The van der Waals surface area contributed by atoms with Crippen LogP contribution in [0.15, 0.2) is 35.9 Å². The molecule has 0 N–H and O–H groups in total. The van der Waals surface area contributed by atoms with Gasteiger partial charge >= 0.3 is 5.97 Å². The smallest absolute Gasteiger partial charge is 0.342 e. The van der Waals surface area contributed by atoms with Gasteiger partial charge in [-0.2, -0.15) is 0 Å². The van der Waals surface area contributed by atoms with Gasteiger partial charge in [0.2, 0.25) is 0 Å². The van der Waals surface area contributed by atoms with Crippen LogP contribution in [0, 0.1) is 46.3 Å². The summed E-state index contributed by atoms with van der Waals surface area (Å²) in [5.74, 6) is 5.54. The number of hydrogen-bond donors (Lipinski definition) is 0. The number of ether oxygens (including phenoxy) is 2. The first kappa shape index (κ1) is 32.6. The number of carbonyl (C=O) groups is 1. The van der Waals surface area contributed by atoms with E-state index >= 15 is 0 Å². The highest BCUT2D eigenvalue weighted by Gasteiger charge is 2.59. The van der Waals surface area contributed by atoms with Crippen molar-refractivity contribution in [1.82, 2.24) is 0 Å². The zero-order valence-corrected chi connectivity index (χ0v) is 28.5. The fraction of sp³-hybridized carbons (Fsp3) is 0.775. The standard InChI is InChI=1S/C40H62O3/c1-7-8-9-12-26-42-37-17-11-10-16-33(37)38(41)43-31-22-24-39(5)30(27-31)18-19-32-35-21-20-34(29(4)15-13-14-28(2)3)40(35,6)25-23-36(32)39/h10-11,16-18,28-29,31-32,34-36H,7-9,12-15,19-27H2,1-6H3/t29-,31+,32+,34-,35+,36+,39+,40-/m1/s1. The van der Waals surface area contributed by atoms with Crippen LogP contribution in [-0.2, 0) is 4.74 Å². The average molecular weight is 591 g/mol. The fourth-order valence-electron chi connectivity index (χ4n) is 10.4. The molecule has 0 bridgehead atoms. The lowest BCUT2D eigenvalue weighted by molar-refractivity contribution is -0.0595. The number of para-hydroxylation sites is 1. The Morgan fingerprint density at radius 1 is 0.930 bits per heavy atom. The highest BCUT2D eigenvalue weighted by molar-refractivity contribution is 5.92. The third-order valence-corrected chi connectivity index (χ3v) is 12.9. The Balaban J connectivity index is 1.20. The summed E-state index contributed by atoms with van der Waals surface area (Å²) in [6, 6.07) is 7.64. The summed E-state index contributed by atoms with van der Waals surface area (Å²) in [6.07, 6.45) is 21.3. The van der Waals surface area contributed by atoms with Crippen LogP contribution >= 0.6 is 0 Å². The maximum atomic E-state index is 13.4.